The van der Waals surface area contributed by atoms with Crippen LogP contribution in [-0.4, -0.2) is 30.5 Å². The molecule has 0 aliphatic carbocycles. The van der Waals surface area contributed by atoms with Gasteiger partial charge in [0.25, 0.3) is 5.91 Å². The van der Waals surface area contributed by atoms with E-state index in [0.717, 1.165) is 15.6 Å². The molecular formula is C17H16BrNO2. The molecule has 0 spiro atoms. The van der Waals surface area contributed by atoms with Crippen molar-refractivity contribution in [3.05, 3.63) is 70.2 Å². The molecule has 1 atom stereocenters. The van der Waals surface area contributed by atoms with Crippen LogP contribution >= 0.6 is 15.9 Å². The second kappa shape index (κ2) is 6.41. The highest BCUT2D eigenvalue weighted by atomic mass is 79.9. The van der Waals surface area contributed by atoms with E-state index in [-0.39, 0.29) is 12.0 Å². The molecule has 3 nitrogen and oxygen atoms in total. The van der Waals surface area contributed by atoms with Crippen molar-refractivity contribution in [2.24, 2.45) is 0 Å². The molecule has 4 heteroatoms. The molecule has 2 aromatic rings. The minimum absolute atomic E-state index is 0.0560. The van der Waals surface area contributed by atoms with Gasteiger partial charge in [0.2, 0.25) is 0 Å². The zero-order chi connectivity index (χ0) is 14.7. The van der Waals surface area contributed by atoms with Crippen LogP contribution in [0.1, 0.15) is 22.0 Å². The number of hydrogen-bond acceptors (Lipinski definition) is 2. The Kier molecular flexibility index (Phi) is 4.36. The first-order valence-electron chi connectivity index (χ1n) is 6.95. The molecule has 0 aromatic heterocycles. The number of hydrogen-bond donors (Lipinski definition) is 0. The summed E-state index contributed by atoms with van der Waals surface area (Å²) in [7, 11) is 0. The molecule has 0 bridgehead atoms. The van der Waals surface area contributed by atoms with Crippen LogP contribution in [0.15, 0.2) is 59.1 Å². The Balaban J connectivity index is 1.74. The van der Waals surface area contributed by atoms with E-state index in [1.165, 1.54) is 0 Å². The number of amides is 1. The maximum atomic E-state index is 12.5. The van der Waals surface area contributed by atoms with Gasteiger partial charge >= 0.3 is 0 Å². The highest BCUT2D eigenvalue weighted by Crippen LogP contribution is 2.24. The number of carbonyl (C=O) groups is 1. The summed E-state index contributed by atoms with van der Waals surface area (Å²) >= 11 is 3.43. The predicted molar refractivity (Wildman–Crippen MR) is 85.2 cm³/mol. The molecular weight excluding hydrogens is 330 g/mol. The summed E-state index contributed by atoms with van der Waals surface area (Å²) in [6.07, 6.45) is -0.0560. The van der Waals surface area contributed by atoms with Gasteiger partial charge in [-0.3, -0.25) is 4.79 Å². The average molecular weight is 346 g/mol. The van der Waals surface area contributed by atoms with Gasteiger partial charge in [-0.05, 0) is 29.8 Å². The van der Waals surface area contributed by atoms with Gasteiger partial charge in [0, 0.05) is 16.6 Å². The smallest absolute Gasteiger partial charge is 0.254 e. The SMILES string of the molecule is O=C(c1ccccc1)N1CCOC(c2ccc(Br)cc2)C1. The lowest BCUT2D eigenvalue weighted by Gasteiger charge is -2.33. The van der Waals surface area contributed by atoms with Crippen LogP contribution in [0.25, 0.3) is 0 Å². The summed E-state index contributed by atoms with van der Waals surface area (Å²) in [5.74, 6) is 0.0704. The number of rotatable bonds is 2. The fourth-order valence-corrected chi connectivity index (χ4v) is 2.74. The zero-order valence-electron chi connectivity index (χ0n) is 11.5. The quantitative estimate of drug-likeness (QED) is 0.831. The number of nitrogens with zero attached hydrogens (tertiary/aromatic N) is 1. The normalized spacial score (nSPS) is 18.5. The number of halogens is 1. The van der Waals surface area contributed by atoms with Crippen LogP contribution in [0.4, 0.5) is 0 Å². The van der Waals surface area contributed by atoms with Gasteiger partial charge < -0.3 is 9.64 Å². The molecule has 1 heterocycles. The van der Waals surface area contributed by atoms with Gasteiger partial charge in [0.05, 0.1) is 13.2 Å². The third kappa shape index (κ3) is 3.34. The fourth-order valence-electron chi connectivity index (χ4n) is 2.48. The predicted octanol–water partition coefficient (Wildman–Crippen LogP) is 3.66. The number of benzene rings is 2. The van der Waals surface area contributed by atoms with Crippen molar-refractivity contribution in [1.82, 2.24) is 4.90 Å². The molecule has 0 N–H and O–H groups in total. The van der Waals surface area contributed by atoms with E-state index in [1.807, 2.05) is 59.5 Å². The van der Waals surface area contributed by atoms with Gasteiger partial charge in [0.1, 0.15) is 6.10 Å². The molecule has 1 unspecified atom stereocenters. The standard InChI is InChI=1S/C17H16BrNO2/c18-15-8-6-13(7-9-15)16-12-19(10-11-21-16)17(20)14-4-2-1-3-5-14/h1-9,16H,10-12H2. The molecule has 3 rings (SSSR count). The van der Waals surface area contributed by atoms with Gasteiger partial charge in [-0.15, -0.1) is 0 Å². The van der Waals surface area contributed by atoms with Crippen LogP contribution in [-0.2, 0) is 4.74 Å². The van der Waals surface area contributed by atoms with E-state index in [1.54, 1.807) is 0 Å². The van der Waals surface area contributed by atoms with Gasteiger partial charge in [-0.2, -0.15) is 0 Å². The average Bonchev–Trinajstić information content (AvgIpc) is 2.56. The van der Waals surface area contributed by atoms with Crippen LogP contribution in [0.5, 0.6) is 0 Å². The molecule has 1 amide bonds. The van der Waals surface area contributed by atoms with Crippen molar-refractivity contribution in [3.8, 4) is 0 Å². The maximum absolute atomic E-state index is 12.5. The Morgan fingerprint density at radius 2 is 1.81 bits per heavy atom. The van der Waals surface area contributed by atoms with E-state index >= 15 is 0 Å². The first-order chi connectivity index (χ1) is 10.2. The molecule has 21 heavy (non-hydrogen) atoms. The summed E-state index contributed by atoms with van der Waals surface area (Å²) in [6, 6.07) is 17.5. The fraction of sp³-hybridized carbons (Fsp3) is 0.235. The summed E-state index contributed by atoms with van der Waals surface area (Å²) < 4.78 is 6.85. The highest BCUT2D eigenvalue weighted by Gasteiger charge is 2.25. The summed E-state index contributed by atoms with van der Waals surface area (Å²) in [6.45, 7) is 1.80. The Hall–Kier alpha value is -1.65. The summed E-state index contributed by atoms with van der Waals surface area (Å²) in [5, 5.41) is 0. The van der Waals surface area contributed by atoms with Crippen molar-refractivity contribution in [1.29, 1.82) is 0 Å². The molecule has 108 valence electrons. The Morgan fingerprint density at radius 3 is 2.52 bits per heavy atom. The number of carbonyl (C=O) groups excluding carboxylic acids is 1. The molecule has 1 fully saturated rings. The lowest BCUT2D eigenvalue weighted by molar-refractivity contribution is -0.0228. The topological polar surface area (TPSA) is 29.5 Å². The third-order valence-electron chi connectivity index (χ3n) is 3.62. The molecule has 1 saturated heterocycles. The van der Waals surface area contributed by atoms with E-state index in [0.29, 0.717) is 19.7 Å². The molecule has 1 aliphatic heterocycles. The first kappa shape index (κ1) is 14.3. The van der Waals surface area contributed by atoms with Gasteiger partial charge in [0.15, 0.2) is 0 Å². The zero-order valence-corrected chi connectivity index (χ0v) is 13.1. The summed E-state index contributed by atoms with van der Waals surface area (Å²) in [5.41, 5.74) is 1.83. The van der Waals surface area contributed by atoms with Gasteiger partial charge in [-0.1, -0.05) is 46.3 Å². The molecule has 1 aliphatic rings. The molecule has 0 saturated carbocycles. The van der Waals surface area contributed by atoms with E-state index in [2.05, 4.69) is 15.9 Å². The van der Waals surface area contributed by atoms with E-state index in [9.17, 15) is 4.79 Å². The van der Waals surface area contributed by atoms with E-state index in [4.69, 9.17) is 4.74 Å². The summed E-state index contributed by atoms with van der Waals surface area (Å²) in [4.78, 5) is 14.4. The van der Waals surface area contributed by atoms with Crippen LogP contribution in [0, 0.1) is 0 Å². The van der Waals surface area contributed by atoms with Crippen molar-refractivity contribution >= 4 is 21.8 Å². The lowest BCUT2D eigenvalue weighted by atomic mass is 10.1. The van der Waals surface area contributed by atoms with Crippen LogP contribution < -0.4 is 0 Å². The third-order valence-corrected chi connectivity index (χ3v) is 4.14. The van der Waals surface area contributed by atoms with Crippen LogP contribution in [0.3, 0.4) is 0 Å². The highest BCUT2D eigenvalue weighted by molar-refractivity contribution is 9.10. The number of ether oxygens (including phenoxy) is 1. The number of morpholine rings is 1. The Bertz CT molecular complexity index is 612. The van der Waals surface area contributed by atoms with Crippen LogP contribution in [0.2, 0.25) is 0 Å². The van der Waals surface area contributed by atoms with Crippen molar-refractivity contribution in [2.75, 3.05) is 19.7 Å². The molecule has 0 radical (unpaired) electrons. The Morgan fingerprint density at radius 1 is 1.10 bits per heavy atom. The van der Waals surface area contributed by atoms with Crippen molar-refractivity contribution in [2.45, 2.75) is 6.10 Å². The second-order valence-corrected chi connectivity index (χ2v) is 5.94. The second-order valence-electron chi connectivity index (χ2n) is 5.03. The van der Waals surface area contributed by atoms with Gasteiger partial charge in [-0.25, -0.2) is 0 Å². The maximum Gasteiger partial charge on any atom is 0.254 e. The van der Waals surface area contributed by atoms with E-state index < -0.39 is 0 Å². The first-order valence-corrected chi connectivity index (χ1v) is 7.75. The van der Waals surface area contributed by atoms with Crippen molar-refractivity contribution in [3.63, 3.8) is 0 Å². The minimum Gasteiger partial charge on any atom is -0.370 e. The Labute approximate surface area is 132 Å². The lowest BCUT2D eigenvalue weighted by Crippen LogP contribution is -2.42. The molecule has 2 aromatic carbocycles. The largest absolute Gasteiger partial charge is 0.370 e. The minimum atomic E-state index is -0.0560. The monoisotopic (exact) mass is 345 g/mol. The van der Waals surface area contributed by atoms with Crippen molar-refractivity contribution < 1.29 is 9.53 Å².